The molecule has 143 heavy (non-hydrogen) atoms. The Morgan fingerprint density at radius 2 is 0.524 bits per heavy atom. The van der Waals surface area contributed by atoms with E-state index in [-0.39, 0.29) is 37.9 Å². The van der Waals surface area contributed by atoms with Crippen LogP contribution in [0.15, 0.2) is 344 Å². The van der Waals surface area contributed by atoms with Gasteiger partial charge in [0.15, 0.2) is 0 Å². The second-order valence-corrected chi connectivity index (χ2v) is 51.9. The molecule has 14 aliphatic carbocycles. The van der Waals surface area contributed by atoms with Crippen molar-refractivity contribution in [1.29, 1.82) is 0 Å². The summed E-state index contributed by atoms with van der Waals surface area (Å²) in [5.74, 6) is 5.72. The third-order valence-corrected chi connectivity index (χ3v) is 38.0. The van der Waals surface area contributed by atoms with Gasteiger partial charge in [0.05, 0.1) is 16.5 Å². The highest BCUT2D eigenvalue weighted by Gasteiger charge is 2.58. The predicted molar refractivity (Wildman–Crippen MR) is 605 cm³/mol. The fraction of sp³-hybridized carbons (Fsp3) is 0.314. The summed E-state index contributed by atoms with van der Waals surface area (Å²) in [6.45, 7) is 37.6. The number of rotatable bonds is 9. The minimum atomic E-state index is -0.505. The molecule has 16 aromatic carbocycles. The Morgan fingerprint density at radius 3 is 0.916 bits per heavy atom. The van der Waals surface area contributed by atoms with Crippen LogP contribution in [0.2, 0.25) is 0 Å². The molecule has 2 nitrogen and oxygen atoms in total. The maximum absolute atomic E-state index is 3.81. The van der Waals surface area contributed by atoms with Crippen LogP contribution in [0.25, 0.3) is 89.0 Å². The zero-order chi connectivity index (χ0) is 97.9. The van der Waals surface area contributed by atoms with E-state index in [4.69, 9.17) is 0 Å². The first-order valence-electron chi connectivity index (χ1n) is 53.8. The molecule has 16 aromatic rings. The van der Waals surface area contributed by atoms with Crippen molar-refractivity contribution < 1.29 is 0 Å². The second kappa shape index (κ2) is 32.3. The lowest BCUT2D eigenvalue weighted by atomic mass is 9.48. The third kappa shape index (κ3) is 14.0. The highest BCUT2D eigenvalue weighted by molar-refractivity contribution is 9.10. The number of fused-ring (bicyclic) bond motifs is 26. The molecular formula is C140H135BrN2. The summed E-state index contributed by atoms with van der Waals surface area (Å²) in [6, 6.07) is 132. The highest BCUT2D eigenvalue weighted by Crippen LogP contribution is 2.69. The van der Waals surface area contributed by atoms with Crippen LogP contribution >= 0.6 is 15.9 Å². The molecule has 30 rings (SSSR count). The van der Waals surface area contributed by atoms with Gasteiger partial charge in [0.1, 0.15) is 0 Å². The maximum atomic E-state index is 3.81. The first-order valence-corrected chi connectivity index (χ1v) is 54.6. The summed E-state index contributed by atoms with van der Waals surface area (Å²) < 4.78 is 1.13. The van der Waals surface area contributed by atoms with Crippen LogP contribution in [0.1, 0.15) is 288 Å². The van der Waals surface area contributed by atoms with E-state index in [1.54, 1.807) is 11.1 Å². The molecule has 0 heterocycles. The summed E-state index contributed by atoms with van der Waals surface area (Å²) in [7, 11) is 0. The number of hydrogen-bond donors (Lipinski definition) is 1. The number of para-hydroxylation sites is 2. The van der Waals surface area contributed by atoms with Crippen molar-refractivity contribution in [1.82, 2.24) is 0 Å². The van der Waals surface area contributed by atoms with Gasteiger partial charge in [-0.1, -0.05) is 406 Å². The van der Waals surface area contributed by atoms with Crippen LogP contribution in [0, 0.1) is 35.5 Å². The first kappa shape index (κ1) is 90.6. The maximum Gasteiger partial charge on any atom is 0.0726 e. The van der Waals surface area contributed by atoms with Gasteiger partial charge in [-0.25, -0.2) is 0 Å². The summed E-state index contributed by atoms with van der Waals surface area (Å²) in [5.41, 5.74) is 52.7. The molecule has 8 fully saturated rings. The Bertz CT molecular complexity index is 7720. The molecule has 2 spiro atoms. The molecule has 0 radical (unpaired) electrons. The van der Waals surface area contributed by atoms with Crippen LogP contribution in [-0.2, 0) is 54.1 Å². The van der Waals surface area contributed by atoms with Crippen molar-refractivity contribution in [2.45, 2.75) is 242 Å². The number of halogens is 1. The van der Waals surface area contributed by atoms with E-state index in [0.29, 0.717) is 10.8 Å². The number of hydrogen-bond acceptors (Lipinski definition) is 2. The molecule has 3 heteroatoms. The van der Waals surface area contributed by atoms with Crippen LogP contribution < -0.4 is 10.2 Å². The molecule has 0 aromatic heterocycles. The van der Waals surface area contributed by atoms with E-state index in [1.165, 1.54) is 278 Å². The van der Waals surface area contributed by atoms with Gasteiger partial charge in [0.25, 0.3) is 0 Å². The third-order valence-electron chi connectivity index (χ3n) is 37.5. The van der Waals surface area contributed by atoms with Gasteiger partial charge in [0.2, 0.25) is 0 Å². The van der Waals surface area contributed by atoms with Crippen molar-refractivity contribution >= 4 is 44.4 Å². The van der Waals surface area contributed by atoms with E-state index in [1.807, 2.05) is 0 Å². The standard InChI is InChI=1S/C70H67N.C37H37N.C33H31Br/c1-66(2,3)48-25-29-56-57-30-26-49(67(4,5)6)37-63(57)70(62(56)36-48)60-19-13-10-17-54(60)58-32-28-51(39-64(58)70)71(50-27-31-55-53-16-9-12-18-59(53)68(7,8)61(55)38-50)65-20-14-11-15-52(65)46-21-23-47(24-22-46)69-40-43-33-44(41-69)35-45(34-43)42-69;1-36(2)33-9-5-3-8-31(33)32-16-15-29(20-34(32)36)38-35-10-6-4-7-30(35)27-11-13-28(14-12-27)37-21-24-17-25(22-37)19-26(18-24)23-37;1-31(2,3)20-11-14-24-25-15-12-21(32(4,5)6)18-29(25)33(28(24)17-20)27-10-8-7-9-23(27)26-16-13-22(34)19-30(26)33/h9-32,36-39,43-45H,33-35,40-42H2,1-8H3;3-16,20,24-26,38H,17-19,21-23H2,1-2H3;7-19H,1-6H3. The lowest BCUT2D eigenvalue weighted by molar-refractivity contribution is -0.00530. The van der Waals surface area contributed by atoms with Crippen molar-refractivity contribution in [3.63, 3.8) is 0 Å². The largest absolute Gasteiger partial charge is 0.355 e. The van der Waals surface area contributed by atoms with Gasteiger partial charge in [-0.05, 0) is 384 Å². The number of anilines is 5. The number of benzene rings is 16. The molecule has 0 aliphatic heterocycles. The van der Waals surface area contributed by atoms with E-state index in [0.717, 1.165) is 45.7 Å². The van der Waals surface area contributed by atoms with Crippen molar-refractivity contribution in [2.75, 3.05) is 10.2 Å². The van der Waals surface area contributed by atoms with Gasteiger partial charge in [-0.2, -0.15) is 0 Å². The molecule has 712 valence electrons. The first-order chi connectivity index (χ1) is 68.6. The average molecular weight is 1930 g/mol. The summed E-state index contributed by atoms with van der Waals surface area (Å²) in [4.78, 5) is 2.60. The SMILES string of the molecule is CC(C)(C)c1ccc2c(c1)C1(c3ccccc3-c3ccc(Br)cc31)c1cc(C(C)(C)C)ccc1-2.CC(C)(C)c1ccc2c(c1)C1(c3ccccc3-c3ccc(N(c4ccc5c(c4)C(C)(C)c4ccccc4-5)c4ccccc4-c4ccc(C56CC7CC(CC(C7)C5)C6)cc4)cc31)c1cc(C(C)(C)C)ccc1-2.CC1(C)c2ccccc2-c2ccc(Nc3ccccc3-c3ccc(C45CC6CC(CC(C6)C4)C5)cc3)cc21. The van der Waals surface area contributed by atoms with Gasteiger partial charge >= 0.3 is 0 Å². The summed E-state index contributed by atoms with van der Waals surface area (Å²) in [6.07, 6.45) is 17.3. The molecule has 1 N–H and O–H groups in total. The smallest absolute Gasteiger partial charge is 0.0726 e. The zero-order valence-electron chi connectivity index (χ0n) is 86.6. The van der Waals surface area contributed by atoms with Crippen LogP contribution in [-0.4, -0.2) is 0 Å². The van der Waals surface area contributed by atoms with E-state index in [2.05, 4.69) is 477 Å². The minimum absolute atomic E-state index is 0.0101. The Kier molecular flexibility index (Phi) is 20.5. The zero-order valence-corrected chi connectivity index (χ0v) is 88.2. The highest BCUT2D eigenvalue weighted by atomic mass is 79.9. The molecule has 0 atom stereocenters. The van der Waals surface area contributed by atoms with Crippen LogP contribution in [0.3, 0.4) is 0 Å². The molecule has 0 unspecified atom stereocenters. The lowest BCUT2D eigenvalue weighted by Gasteiger charge is -2.57. The predicted octanol–water partition coefficient (Wildman–Crippen LogP) is 37.8. The summed E-state index contributed by atoms with van der Waals surface area (Å²) in [5, 5.41) is 3.79. The van der Waals surface area contributed by atoms with Gasteiger partial charge in [-0.3, -0.25) is 0 Å². The van der Waals surface area contributed by atoms with Gasteiger partial charge < -0.3 is 10.2 Å². The molecule has 0 saturated heterocycles. The fourth-order valence-corrected chi connectivity index (χ4v) is 31.6. The second-order valence-electron chi connectivity index (χ2n) is 51.0. The quantitative estimate of drug-likeness (QED) is 0.155. The normalized spacial score (nSPS) is 22.0. The average Bonchev–Trinajstić information content (AvgIpc) is 1.50. The van der Waals surface area contributed by atoms with E-state index in [9.17, 15) is 0 Å². The minimum Gasteiger partial charge on any atom is -0.355 e. The molecular weight excluding hydrogens is 1790 g/mol. The summed E-state index contributed by atoms with van der Waals surface area (Å²) >= 11 is 3.81. The van der Waals surface area contributed by atoms with Crippen molar-refractivity contribution in [3.05, 3.63) is 444 Å². The van der Waals surface area contributed by atoms with Gasteiger partial charge in [0, 0.05) is 49.2 Å². The molecule has 8 bridgehead atoms. The lowest BCUT2D eigenvalue weighted by Crippen LogP contribution is -2.48. The Labute approximate surface area is 858 Å². The van der Waals surface area contributed by atoms with Crippen molar-refractivity contribution in [3.8, 4) is 89.0 Å². The molecule has 8 saturated carbocycles. The Balaban J connectivity index is 0.000000122. The van der Waals surface area contributed by atoms with Crippen LogP contribution in [0.4, 0.5) is 28.4 Å². The monoisotopic (exact) mass is 1920 g/mol. The Morgan fingerprint density at radius 1 is 0.245 bits per heavy atom. The van der Waals surface area contributed by atoms with Crippen LogP contribution in [0.5, 0.6) is 0 Å². The van der Waals surface area contributed by atoms with E-state index < -0.39 is 5.41 Å². The molecule has 14 aliphatic rings. The van der Waals surface area contributed by atoms with E-state index >= 15 is 0 Å². The van der Waals surface area contributed by atoms with Crippen molar-refractivity contribution in [2.24, 2.45) is 35.5 Å². The molecule has 0 amide bonds. The number of nitrogens with zero attached hydrogens (tertiary/aromatic N) is 1. The van der Waals surface area contributed by atoms with Gasteiger partial charge in [-0.15, -0.1) is 0 Å². The topological polar surface area (TPSA) is 15.3 Å². The number of nitrogens with one attached hydrogen (secondary N) is 1. The fourth-order valence-electron chi connectivity index (χ4n) is 31.2. The Hall–Kier alpha value is -12.4.